The fourth-order valence-corrected chi connectivity index (χ4v) is 13.6. The Bertz CT molecular complexity index is 1090. The SMILES string of the molecule is C=C(C)[C@@H]1CC[C@]2(C(=O)OC)CC[C@]3(C)C(CCC4[C@@]5(C)CC[C@H](C)[C@@](C)(CO[Si](C)(C)C(C)(C)C)C5CC[C@]43C)C12. The topological polar surface area (TPSA) is 35.5 Å². The van der Waals surface area contributed by atoms with Crippen molar-refractivity contribution in [3.8, 4) is 0 Å². The molecule has 0 N–H and O–H groups in total. The second-order valence-electron chi connectivity index (χ2n) is 18.8. The minimum atomic E-state index is -1.82. The predicted molar refractivity (Wildman–Crippen MR) is 178 cm³/mol. The zero-order valence-electron chi connectivity index (χ0n) is 29.7. The van der Waals surface area contributed by atoms with Gasteiger partial charge in [0.15, 0.2) is 8.32 Å². The van der Waals surface area contributed by atoms with Gasteiger partial charge >= 0.3 is 5.97 Å². The van der Waals surface area contributed by atoms with Crippen LogP contribution >= 0.6 is 0 Å². The molecule has 5 aliphatic rings. The fourth-order valence-electron chi connectivity index (χ4n) is 12.5. The Labute approximate surface area is 260 Å². The number of hydrogen-bond acceptors (Lipinski definition) is 3. The summed E-state index contributed by atoms with van der Waals surface area (Å²) in [7, 11) is -0.207. The van der Waals surface area contributed by atoms with Gasteiger partial charge in [-0.3, -0.25) is 4.79 Å². The van der Waals surface area contributed by atoms with Gasteiger partial charge in [-0.15, -0.1) is 0 Å². The molecule has 4 heteroatoms. The van der Waals surface area contributed by atoms with Gasteiger partial charge in [0.05, 0.1) is 12.5 Å². The third kappa shape index (κ3) is 4.28. The summed E-state index contributed by atoms with van der Waals surface area (Å²) in [4.78, 5) is 13.6. The summed E-state index contributed by atoms with van der Waals surface area (Å²) >= 11 is 0. The van der Waals surface area contributed by atoms with Crippen molar-refractivity contribution in [2.24, 2.45) is 62.6 Å². The maximum absolute atomic E-state index is 13.6. The molecule has 0 aliphatic heterocycles. The van der Waals surface area contributed by atoms with Crippen molar-refractivity contribution in [2.45, 2.75) is 145 Å². The number of methoxy groups -OCH3 is 1. The lowest BCUT2D eigenvalue weighted by Crippen LogP contribution is -2.67. The molecule has 42 heavy (non-hydrogen) atoms. The summed E-state index contributed by atoms with van der Waals surface area (Å²) in [6, 6.07) is 0. The highest BCUT2D eigenvalue weighted by atomic mass is 28.4. The fraction of sp³-hybridized carbons (Fsp3) is 0.921. The Balaban J connectivity index is 1.49. The number of carbonyl (C=O) groups excluding carboxylic acids is 1. The summed E-state index contributed by atoms with van der Waals surface area (Å²) in [6.45, 7) is 32.9. The Hall–Kier alpha value is -0.613. The third-order valence-electron chi connectivity index (χ3n) is 16.5. The van der Waals surface area contributed by atoms with Crippen molar-refractivity contribution >= 4 is 14.3 Å². The van der Waals surface area contributed by atoms with E-state index in [2.05, 4.69) is 82.0 Å². The number of ether oxygens (including phenoxy) is 1. The first kappa shape index (κ1) is 32.8. The predicted octanol–water partition coefficient (Wildman–Crippen LogP) is 10.5. The second-order valence-corrected chi connectivity index (χ2v) is 23.6. The summed E-state index contributed by atoms with van der Waals surface area (Å²) in [6.07, 6.45) is 12.2. The van der Waals surface area contributed by atoms with E-state index < -0.39 is 8.32 Å². The molecule has 0 aromatic heterocycles. The highest BCUT2D eigenvalue weighted by Crippen LogP contribution is 2.78. The van der Waals surface area contributed by atoms with Crippen LogP contribution in [-0.4, -0.2) is 28.0 Å². The molecule has 0 aromatic rings. The van der Waals surface area contributed by atoms with Crippen LogP contribution in [0.4, 0.5) is 0 Å². The molecular formula is C38H66O3Si. The molecule has 11 atom stereocenters. The van der Waals surface area contributed by atoms with E-state index in [1.807, 2.05) is 0 Å². The Morgan fingerprint density at radius 3 is 2.14 bits per heavy atom. The lowest BCUT2D eigenvalue weighted by atomic mass is 9.32. The minimum Gasteiger partial charge on any atom is -0.469 e. The van der Waals surface area contributed by atoms with Crippen molar-refractivity contribution in [1.82, 2.24) is 0 Å². The summed E-state index contributed by atoms with van der Waals surface area (Å²) in [5.41, 5.74) is 2.11. The largest absolute Gasteiger partial charge is 0.469 e. The van der Waals surface area contributed by atoms with Crippen LogP contribution < -0.4 is 0 Å². The van der Waals surface area contributed by atoms with Gasteiger partial charge in [-0.25, -0.2) is 0 Å². The molecule has 5 rings (SSSR count). The zero-order valence-corrected chi connectivity index (χ0v) is 30.7. The molecule has 5 fully saturated rings. The van der Waals surface area contributed by atoms with E-state index in [-0.39, 0.29) is 27.3 Å². The molecule has 0 spiro atoms. The quantitative estimate of drug-likeness (QED) is 0.179. The molecular weight excluding hydrogens is 533 g/mol. The maximum Gasteiger partial charge on any atom is 0.312 e. The van der Waals surface area contributed by atoms with Crippen LogP contribution in [0.15, 0.2) is 12.2 Å². The van der Waals surface area contributed by atoms with Crippen LogP contribution in [-0.2, 0) is 14.0 Å². The Morgan fingerprint density at radius 1 is 0.881 bits per heavy atom. The van der Waals surface area contributed by atoms with Crippen molar-refractivity contribution in [2.75, 3.05) is 13.7 Å². The summed E-state index contributed by atoms with van der Waals surface area (Å²) in [5.74, 6) is 3.63. The number of hydrogen-bond donors (Lipinski definition) is 0. The van der Waals surface area contributed by atoms with Gasteiger partial charge in [0.25, 0.3) is 0 Å². The van der Waals surface area contributed by atoms with Crippen LogP contribution in [0, 0.1) is 62.6 Å². The minimum absolute atomic E-state index is 0.0695. The number of allylic oxidation sites excluding steroid dienone is 1. The normalized spacial score (nSPS) is 48.9. The van der Waals surface area contributed by atoms with Crippen LogP contribution in [0.3, 0.4) is 0 Å². The standard InChI is InChI=1S/C38H66O3Si/c1-25(2)27-17-21-38(32(39)40-11)23-22-36(9)28(31(27)38)14-15-30-34(7)19-16-26(3)35(8,29(34)18-20-37(30,36)10)24-41-42(12,13)33(4,5)6/h26-31H,1,14-24H2,2-13H3/t26-,27-,28?,29?,30?,31?,34-,35+,36+,37+,38-/m0/s1. The Kier molecular flexibility index (Phi) is 7.96. The van der Waals surface area contributed by atoms with E-state index in [1.165, 1.54) is 50.5 Å². The van der Waals surface area contributed by atoms with Crippen molar-refractivity contribution in [3.63, 3.8) is 0 Å². The molecule has 0 bridgehead atoms. The molecule has 3 nitrogen and oxygen atoms in total. The van der Waals surface area contributed by atoms with Crippen LogP contribution in [0.2, 0.25) is 18.1 Å². The molecule has 240 valence electrons. The third-order valence-corrected chi connectivity index (χ3v) is 21.0. The van der Waals surface area contributed by atoms with Crippen LogP contribution in [0.1, 0.15) is 127 Å². The van der Waals surface area contributed by atoms with Gasteiger partial charge in [0.1, 0.15) is 0 Å². The van der Waals surface area contributed by atoms with Crippen LogP contribution in [0.25, 0.3) is 0 Å². The smallest absolute Gasteiger partial charge is 0.312 e. The average Bonchev–Trinajstić information content (AvgIpc) is 3.30. The molecule has 5 saturated carbocycles. The summed E-state index contributed by atoms with van der Waals surface area (Å²) in [5, 5.41) is 0.241. The first-order valence-corrected chi connectivity index (χ1v) is 20.5. The van der Waals surface area contributed by atoms with Gasteiger partial charge in [-0.05, 0) is 146 Å². The molecule has 0 amide bonds. The molecule has 5 aliphatic carbocycles. The highest BCUT2D eigenvalue weighted by molar-refractivity contribution is 6.74. The zero-order chi connectivity index (χ0) is 31.3. The van der Waals surface area contributed by atoms with E-state index >= 15 is 0 Å². The van der Waals surface area contributed by atoms with Crippen molar-refractivity contribution in [3.05, 3.63) is 12.2 Å². The molecule has 4 unspecified atom stereocenters. The van der Waals surface area contributed by atoms with E-state index in [4.69, 9.17) is 9.16 Å². The molecule has 0 aromatic carbocycles. The van der Waals surface area contributed by atoms with Gasteiger partial charge in [0, 0.05) is 6.61 Å². The molecule has 0 radical (unpaired) electrons. The van der Waals surface area contributed by atoms with Crippen LogP contribution in [0.5, 0.6) is 0 Å². The first-order valence-electron chi connectivity index (χ1n) is 17.6. The van der Waals surface area contributed by atoms with E-state index in [1.54, 1.807) is 7.11 Å². The van der Waals surface area contributed by atoms with Crippen molar-refractivity contribution < 1.29 is 14.0 Å². The maximum atomic E-state index is 13.6. The molecule has 0 heterocycles. The number of rotatable bonds is 5. The lowest BCUT2D eigenvalue weighted by Gasteiger charge is -2.73. The van der Waals surface area contributed by atoms with E-state index in [0.717, 1.165) is 31.8 Å². The van der Waals surface area contributed by atoms with Crippen molar-refractivity contribution in [1.29, 1.82) is 0 Å². The highest BCUT2D eigenvalue weighted by Gasteiger charge is 2.72. The van der Waals surface area contributed by atoms with Gasteiger partial charge in [0.2, 0.25) is 0 Å². The molecule has 0 saturated heterocycles. The first-order chi connectivity index (χ1) is 19.3. The van der Waals surface area contributed by atoms with Gasteiger partial charge in [-0.1, -0.05) is 67.5 Å². The number of fused-ring (bicyclic) bond motifs is 7. The lowest BCUT2D eigenvalue weighted by molar-refractivity contribution is -0.247. The van der Waals surface area contributed by atoms with E-state index in [9.17, 15) is 4.79 Å². The summed E-state index contributed by atoms with van der Waals surface area (Å²) < 4.78 is 12.7. The number of carbonyl (C=O) groups is 1. The van der Waals surface area contributed by atoms with Gasteiger partial charge < -0.3 is 9.16 Å². The van der Waals surface area contributed by atoms with E-state index in [0.29, 0.717) is 40.4 Å². The number of esters is 1. The second kappa shape index (κ2) is 10.2. The Morgan fingerprint density at radius 2 is 1.55 bits per heavy atom. The van der Waals surface area contributed by atoms with Gasteiger partial charge in [-0.2, -0.15) is 0 Å². The average molecular weight is 599 g/mol. The monoisotopic (exact) mass is 598 g/mol.